The summed E-state index contributed by atoms with van der Waals surface area (Å²) in [5.41, 5.74) is 3.13. The third-order valence-corrected chi connectivity index (χ3v) is 9.98. The molecule has 0 atom stereocenters. The normalized spacial score (nSPS) is 17.7. The molecule has 0 amide bonds. The van der Waals surface area contributed by atoms with E-state index >= 15 is 0 Å². The maximum Gasteiger partial charge on any atom is 0.366 e. The number of benzene rings is 2. The zero-order valence-electron chi connectivity index (χ0n) is 23.5. The van der Waals surface area contributed by atoms with Crippen LogP contribution in [0.4, 0.5) is 17.3 Å². The number of fused-ring (bicyclic) bond motifs is 1. The third-order valence-electron chi connectivity index (χ3n) is 8.19. The molecular weight excluding hydrogens is 597 g/mol. The third kappa shape index (κ3) is 5.82. The molecule has 4 heterocycles. The zero-order chi connectivity index (χ0) is 29.4. The number of rotatable bonds is 7. The fourth-order valence-electron chi connectivity index (χ4n) is 5.85. The van der Waals surface area contributed by atoms with E-state index in [2.05, 4.69) is 37.0 Å². The van der Waals surface area contributed by atoms with Crippen molar-refractivity contribution in [2.75, 3.05) is 63.6 Å². The summed E-state index contributed by atoms with van der Waals surface area (Å²) in [7, 11) is -0.709. The number of anilines is 3. The molecule has 2 fully saturated rings. The number of hydrogen-bond acceptors (Lipinski definition) is 9. The standard InChI is InChI=1S/C29H33Cl2N7O3S/c1-35-13-15-36(16-14-35)21-9-11-37(12-10-21)27-8-7-20(17-24(27)30)33-29-32-18-25(31)28(34-29)23-19-38(42(39,40)41-2)26-6-4-3-5-22(23)26/h3-8,17-19,21H,9-16H2,1-2H3,(H,32,33,34). The van der Waals surface area contributed by atoms with Gasteiger partial charge < -0.3 is 15.1 Å². The smallest absolute Gasteiger partial charge is 0.366 e. The van der Waals surface area contributed by atoms with E-state index in [9.17, 15) is 8.42 Å². The van der Waals surface area contributed by atoms with E-state index in [0.717, 1.165) is 74.6 Å². The minimum Gasteiger partial charge on any atom is -0.370 e. The fourth-order valence-corrected chi connectivity index (χ4v) is 7.14. The van der Waals surface area contributed by atoms with E-state index in [1.807, 2.05) is 30.3 Å². The first-order valence-corrected chi connectivity index (χ1v) is 16.0. The fraction of sp³-hybridized carbons (Fsp3) is 0.379. The van der Waals surface area contributed by atoms with Gasteiger partial charge in [-0.3, -0.25) is 9.08 Å². The molecule has 0 aliphatic carbocycles. The number of nitrogens with zero attached hydrogens (tertiary/aromatic N) is 6. The summed E-state index contributed by atoms with van der Waals surface area (Å²) in [6, 6.07) is 13.6. The molecule has 2 saturated heterocycles. The van der Waals surface area contributed by atoms with Gasteiger partial charge in [0.2, 0.25) is 5.95 Å². The van der Waals surface area contributed by atoms with E-state index in [1.165, 1.54) is 12.4 Å². The first-order chi connectivity index (χ1) is 20.2. The number of nitrogens with one attached hydrogen (secondary N) is 1. The van der Waals surface area contributed by atoms with E-state index in [-0.39, 0.29) is 5.02 Å². The summed E-state index contributed by atoms with van der Waals surface area (Å²) < 4.78 is 31.0. The second kappa shape index (κ2) is 12.0. The summed E-state index contributed by atoms with van der Waals surface area (Å²) in [6.07, 6.45) is 5.21. The van der Waals surface area contributed by atoms with Crippen molar-refractivity contribution in [2.24, 2.45) is 0 Å². The number of piperazine rings is 1. The number of aromatic nitrogens is 3. The van der Waals surface area contributed by atoms with Gasteiger partial charge in [-0.05, 0) is 44.2 Å². The SMILES string of the molecule is COS(=O)(=O)n1cc(-c2nc(Nc3ccc(N4CCC(N5CCN(C)CC5)CC4)c(Cl)c3)ncc2Cl)c2ccccc21. The molecule has 2 aromatic heterocycles. The number of piperidine rings is 1. The summed E-state index contributed by atoms with van der Waals surface area (Å²) in [4.78, 5) is 16.4. The maximum absolute atomic E-state index is 12.6. The highest BCUT2D eigenvalue weighted by molar-refractivity contribution is 7.85. The van der Waals surface area contributed by atoms with Gasteiger partial charge in [0.1, 0.15) is 0 Å². The van der Waals surface area contributed by atoms with Crippen LogP contribution in [0.3, 0.4) is 0 Å². The molecule has 10 nitrogen and oxygen atoms in total. The molecule has 0 spiro atoms. The van der Waals surface area contributed by atoms with E-state index in [4.69, 9.17) is 27.4 Å². The van der Waals surface area contributed by atoms with Crippen molar-refractivity contribution < 1.29 is 12.6 Å². The van der Waals surface area contributed by atoms with Crippen molar-refractivity contribution in [1.82, 2.24) is 23.7 Å². The van der Waals surface area contributed by atoms with Gasteiger partial charge >= 0.3 is 10.3 Å². The average molecular weight is 631 g/mol. The van der Waals surface area contributed by atoms with Gasteiger partial charge in [-0.25, -0.2) is 13.9 Å². The summed E-state index contributed by atoms with van der Waals surface area (Å²) in [6.45, 7) is 6.51. The highest BCUT2D eigenvalue weighted by atomic mass is 35.5. The van der Waals surface area contributed by atoms with Crippen molar-refractivity contribution in [3.05, 3.63) is 64.9 Å². The second-order valence-electron chi connectivity index (χ2n) is 10.7. The van der Waals surface area contributed by atoms with E-state index in [1.54, 1.807) is 12.1 Å². The summed E-state index contributed by atoms with van der Waals surface area (Å²) >= 11 is 13.3. The molecule has 2 aromatic carbocycles. The number of para-hydroxylation sites is 1. The summed E-state index contributed by atoms with van der Waals surface area (Å²) in [5, 5.41) is 4.82. The van der Waals surface area contributed by atoms with Gasteiger partial charge in [0, 0.05) is 68.1 Å². The van der Waals surface area contributed by atoms with E-state index < -0.39 is 10.3 Å². The molecule has 6 rings (SSSR count). The molecule has 0 bridgehead atoms. The lowest BCUT2D eigenvalue weighted by Gasteiger charge is -2.42. The number of halogens is 2. The lowest BCUT2D eigenvalue weighted by molar-refractivity contribution is 0.0982. The summed E-state index contributed by atoms with van der Waals surface area (Å²) in [5.74, 6) is 0.303. The topological polar surface area (TPSA) is 95.8 Å². The first kappa shape index (κ1) is 29.2. The molecule has 0 unspecified atom stereocenters. The zero-order valence-corrected chi connectivity index (χ0v) is 25.8. The van der Waals surface area contributed by atoms with Crippen LogP contribution >= 0.6 is 23.2 Å². The molecule has 2 aliphatic heterocycles. The molecule has 222 valence electrons. The highest BCUT2D eigenvalue weighted by Crippen LogP contribution is 2.36. The first-order valence-electron chi connectivity index (χ1n) is 13.9. The number of hydrogen-bond donors (Lipinski definition) is 1. The predicted octanol–water partition coefficient (Wildman–Crippen LogP) is 5.10. The van der Waals surface area contributed by atoms with Crippen LogP contribution < -0.4 is 10.2 Å². The van der Waals surface area contributed by atoms with Crippen molar-refractivity contribution in [2.45, 2.75) is 18.9 Å². The Balaban J connectivity index is 1.19. The monoisotopic (exact) mass is 629 g/mol. The van der Waals surface area contributed by atoms with Crippen LogP contribution in [0.25, 0.3) is 22.2 Å². The molecule has 0 radical (unpaired) electrons. The number of likely N-dealkylation sites (N-methyl/N-ethyl adjacent to an activating group) is 1. The highest BCUT2D eigenvalue weighted by Gasteiger charge is 2.27. The second-order valence-corrected chi connectivity index (χ2v) is 13.1. The Morgan fingerprint density at radius 2 is 1.71 bits per heavy atom. The minimum absolute atomic E-state index is 0.284. The van der Waals surface area contributed by atoms with Crippen LogP contribution in [0.5, 0.6) is 0 Å². The minimum atomic E-state index is -4.02. The predicted molar refractivity (Wildman–Crippen MR) is 168 cm³/mol. The molecule has 0 saturated carbocycles. The Morgan fingerprint density at radius 3 is 2.43 bits per heavy atom. The molecule has 42 heavy (non-hydrogen) atoms. The Labute approximate surface area is 256 Å². The lowest BCUT2D eigenvalue weighted by Crippen LogP contribution is -2.52. The van der Waals surface area contributed by atoms with E-state index in [0.29, 0.717) is 39.2 Å². The van der Waals surface area contributed by atoms with Crippen LogP contribution in [0.1, 0.15) is 12.8 Å². The van der Waals surface area contributed by atoms with Crippen molar-refractivity contribution in [3.8, 4) is 11.3 Å². The van der Waals surface area contributed by atoms with Crippen molar-refractivity contribution in [3.63, 3.8) is 0 Å². The Morgan fingerprint density at radius 1 is 0.976 bits per heavy atom. The van der Waals surface area contributed by atoms with Crippen LogP contribution in [-0.4, -0.2) is 91.6 Å². The molecular formula is C29H33Cl2N7O3S. The Hall–Kier alpha value is -2.93. The van der Waals surface area contributed by atoms with Crippen molar-refractivity contribution in [1.29, 1.82) is 0 Å². The van der Waals surface area contributed by atoms with Gasteiger partial charge in [-0.2, -0.15) is 8.42 Å². The van der Waals surface area contributed by atoms with Crippen molar-refractivity contribution >= 4 is 61.7 Å². The van der Waals surface area contributed by atoms with Gasteiger partial charge in [0.05, 0.1) is 40.2 Å². The van der Waals surface area contributed by atoms with Crippen LogP contribution in [0.2, 0.25) is 10.0 Å². The largest absolute Gasteiger partial charge is 0.370 e. The van der Waals surface area contributed by atoms with Crippen LogP contribution in [-0.2, 0) is 14.5 Å². The lowest BCUT2D eigenvalue weighted by atomic mass is 10.0. The molecule has 4 aromatic rings. The van der Waals surface area contributed by atoms with Gasteiger partial charge in [-0.1, -0.05) is 41.4 Å². The van der Waals surface area contributed by atoms with Gasteiger partial charge in [-0.15, -0.1) is 0 Å². The van der Waals surface area contributed by atoms with Gasteiger partial charge in [0.25, 0.3) is 0 Å². The molecule has 2 aliphatic rings. The Kier molecular flexibility index (Phi) is 8.32. The van der Waals surface area contributed by atoms with Gasteiger partial charge in [0.15, 0.2) is 0 Å². The van der Waals surface area contributed by atoms with Crippen LogP contribution in [0, 0.1) is 0 Å². The average Bonchev–Trinajstić information content (AvgIpc) is 3.39. The molecule has 1 N–H and O–H groups in total. The maximum atomic E-state index is 12.6. The quantitative estimate of drug-likeness (QED) is 0.299. The van der Waals surface area contributed by atoms with Crippen LogP contribution in [0.15, 0.2) is 54.9 Å². The molecule has 13 heteroatoms. The Bertz CT molecular complexity index is 1700.